The summed E-state index contributed by atoms with van der Waals surface area (Å²) in [6.45, 7) is 0.417. The minimum atomic E-state index is -4.74. The molecule has 0 radical (unpaired) electrons. The van der Waals surface area contributed by atoms with Gasteiger partial charge in [0.1, 0.15) is 5.75 Å². The molecule has 0 aliphatic carbocycles. The zero-order chi connectivity index (χ0) is 16.2. The maximum atomic E-state index is 12.2. The van der Waals surface area contributed by atoms with E-state index in [1.165, 1.54) is 17.0 Å². The van der Waals surface area contributed by atoms with Gasteiger partial charge in [0.05, 0.1) is 0 Å². The lowest BCUT2D eigenvalue weighted by atomic mass is 10.1. The van der Waals surface area contributed by atoms with Crippen LogP contribution < -0.4 is 4.74 Å². The van der Waals surface area contributed by atoms with E-state index in [4.69, 9.17) is 0 Å². The van der Waals surface area contributed by atoms with Crippen molar-refractivity contribution < 1.29 is 22.7 Å². The molecule has 0 aromatic heterocycles. The number of nitrogens with zero attached hydrogens (tertiary/aromatic N) is 1. The van der Waals surface area contributed by atoms with Crippen molar-refractivity contribution in [2.45, 2.75) is 12.9 Å². The van der Waals surface area contributed by atoms with Crippen LogP contribution in [0.25, 0.3) is 0 Å². The number of hydrogen-bond donors (Lipinski definition) is 0. The van der Waals surface area contributed by atoms with E-state index in [9.17, 15) is 18.0 Å². The van der Waals surface area contributed by atoms with Crippen molar-refractivity contribution in [1.82, 2.24) is 4.90 Å². The molecule has 0 fully saturated rings. The second-order valence-electron chi connectivity index (χ2n) is 4.72. The lowest BCUT2D eigenvalue weighted by Crippen LogP contribution is -2.26. The monoisotopic (exact) mass is 309 g/mol. The highest BCUT2D eigenvalue weighted by atomic mass is 19.4. The standard InChI is InChI=1S/C16H14F3NO2/c1-20(11-12-5-3-2-4-6-12)15(21)13-7-9-14(10-8-13)22-16(17,18)19/h2-10H,11H2,1H3. The summed E-state index contributed by atoms with van der Waals surface area (Å²) in [4.78, 5) is 13.7. The van der Waals surface area contributed by atoms with Gasteiger partial charge in [-0.25, -0.2) is 0 Å². The normalized spacial score (nSPS) is 11.1. The quantitative estimate of drug-likeness (QED) is 0.858. The second-order valence-corrected chi connectivity index (χ2v) is 4.72. The third kappa shape index (κ3) is 4.51. The maximum absolute atomic E-state index is 12.2. The number of benzene rings is 2. The molecule has 0 atom stereocenters. The second kappa shape index (κ2) is 6.51. The number of hydrogen-bond acceptors (Lipinski definition) is 2. The van der Waals surface area contributed by atoms with Crippen molar-refractivity contribution in [2.24, 2.45) is 0 Å². The first-order chi connectivity index (χ1) is 10.3. The molecule has 116 valence electrons. The van der Waals surface area contributed by atoms with Gasteiger partial charge in [-0.1, -0.05) is 30.3 Å². The number of rotatable bonds is 4. The Hall–Kier alpha value is -2.50. The molecule has 0 heterocycles. The average Bonchev–Trinajstić information content (AvgIpc) is 2.46. The van der Waals surface area contributed by atoms with Crippen LogP contribution in [0.2, 0.25) is 0 Å². The summed E-state index contributed by atoms with van der Waals surface area (Å²) in [5.74, 6) is -0.628. The van der Waals surface area contributed by atoms with E-state index in [1.54, 1.807) is 7.05 Å². The van der Waals surface area contributed by atoms with Crippen molar-refractivity contribution in [2.75, 3.05) is 7.05 Å². The highest BCUT2D eigenvalue weighted by Crippen LogP contribution is 2.23. The predicted molar refractivity (Wildman–Crippen MR) is 75.4 cm³/mol. The Morgan fingerprint density at radius 3 is 2.18 bits per heavy atom. The van der Waals surface area contributed by atoms with Crippen LogP contribution in [0.15, 0.2) is 54.6 Å². The number of halogens is 3. The van der Waals surface area contributed by atoms with Gasteiger partial charge in [0.15, 0.2) is 0 Å². The van der Waals surface area contributed by atoms with Gasteiger partial charge in [0.25, 0.3) is 5.91 Å². The van der Waals surface area contributed by atoms with E-state index in [0.717, 1.165) is 17.7 Å². The van der Waals surface area contributed by atoms with Gasteiger partial charge >= 0.3 is 6.36 Å². The Kier molecular flexibility index (Phi) is 4.70. The largest absolute Gasteiger partial charge is 0.573 e. The number of amides is 1. The Labute approximate surface area is 125 Å². The Balaban J connectivity index is 2.03. The van der Waals surface area contributed by atoms with Crippen LogP contribution in [0.4, 0.5) is 13.2 Å². The van der Waals surface area contributed by atoms with E-state index in [-0.39, 0.29) is 11.7 Å². The van der Waals surface area contributed by atoms with Gasteiger partial charge in [-0.15, -0.1) is 13.2 Å². The van der Waals surface area contributed by atoms with E-state index in [0.29, 0.717) is 12.1 Å². The Bertz CT molecular complexity index is 624. The summed E-state index contributed by atoms with van der Waals surface area (Å²) in [6, 6.07) is 14.3. The lowest BCUT2D eigenvalue weighted by Gasteiger charge is -2.17. The van der Waals surface area contributed by atoms with Gasteiger partial charge in [-0.05, 0) is 29.8 Å². The zero-order valence-corrected chi connectivity index (χ0v) is 11.8. The van der Waals surface area contributed by atoms with Crippen LogP contribution in [-0.2, 0) is 6.54 Å². The van der Waals surface area contributed by atoms with E-state index in [1.807, 2.05) is 30.3 Å². The molecule has 1 amide bonds. The fourth-order valence-electron chi connectivity index (χ4n) is 1.95. The minimum absolute atomic E-state index is 0.276. The zero-order valence-electron chi connectivity index (χ0n) is 11.8. The molecular formula is C16H14F3NO2. The third-order valence-corrected chi connectivity index (χ3v) is 2.94. The van der Waals surface area contributed by atoms with Crippen molar-refractivity contribution >= 4 is 5.91 Å². The fourth-order valence-corrected chi connectivity index (χ4v) is 1.95. The highest BCUT2D eigenvalue weighted by Gasteiger charge is 2.31. The van der Waals surface area contributed by atoms with Gasteiger partial charge in [0.2, 0.25) is 0 Å². The molecular weight excluding hydrogens is 295 g/mol. The summed E-state index contributed by atoms with van der Waals surface area (Å²) in [5.41, 5.74) is 1.27. The number of carbonyl (C=O) groups is 1. The van der Waals surface area contributed by atoms with Crippen LogP contribution in [0.3, 0.4) is 0 Å². The fraction of sp³-hybridized carbons (Fsp3) is 0.188. The Morgan fingerprint density at radius 1 is 1.05 bits per heavy atom. The number of carbonyl (C=O) groups excluding carboxylic acids is 1. The topological polar surface area (TPSA) is 29.5 Å². The molecule has 0 bridgehead atoms. The SMILES string of the molecule is CN(Cc1ccccc1)C(=O)c1ccc(OC(F)(F)F)cc1. The van der Waals surface area contributed by atoms with Gasteiger partial charge < -0.3 is 9.64 Å². The molecule has 6 heteroatoms. The molecule has 0 saturated carbocycles. The summed E-state index contributed by atoms with van der Waals surface area (Å²) in [7, 11) is 1.63. The average molecular weight is 309 g/mol. The van der Waals surface area contributed by atoms with Crippen molar-refractivity contribution in [3.63, 3.8) is 0 Å². The van der Waals surface area contributed by atoms with Crippen LogP contribution in [0.5, 0.6) is 5.75 Å². The number of ether oxygens (including phenoxy) is 1. The molecule has 0 aliphatic heterocycles. The highest BCUT2D eigenvalue weighted by molar-refractivity contribution is 5.94. The first kappa shape index (κ1) is 15.9. The summed E-state index contributed by atoms with van der Waals surface area (Å²) in [5, 5.41) is 0. The molecule has 0 N–H and O–H groups in total. The Morgan fingerprint density at radius 2 is 1.64 bits per heavy atom. The molecule has 0 unspecified atom stereocenters. The van der Waals surface area contributed by atoms with Crippen LogP contribution in [0, 0.1) is 0 Å². The van der Waals surface area contributed by atoms with Crippen molar-refractivity contribution in [3.8, 4) is 5.75 Å². The van der Waals surface area contributed by atoms with Crippen LogP contribution in [-0.4, -0.2) is 24.2 Å². The molecule has 0 saturated heterocycles. The van der Waals surface area contributed by atoms with E-state index in [2.05, 4.69) is 4.74 Å². The summed E-state index contributed by atoms with van der Waals surface area (Å²) in [6.07, 6.45) is -4.74. The molecule has 2 rings (SSSR count). The number of alkyl halides is 3. The summed E-state index contributed by atoms with van der Waals surface area (Å²) < 4.78 is 40.0. The predicted octanol–water partition coefficient (Wildman–Crippen LogP) is 3.86. The molecule has 0 spiro atoms. The molecule has 2 aromatic carbocycles. The minimum Gasteiger partial charge on any atom is -0.406 e. The summed E-state index contributed by atoms with van der Waals surface area (Å²) >= 11 is 0. The lowest BCUT2D eigenvalue weighted by molar-refractivity contribution is -0.274. The van der Waals surface area contributed by atoms with Gasteiger partial charge in [-0.2, -0.15) is 0 Å². The third-order valence-electron chi connectivity index (χ3n) is 2.94. The van der Waals surface area contributed by atoms with Crippen molar-refractivity contribution in [3.05, 3.63) is 65.7 Å². The van der Waals surface area contributed by atoms with Crippen LogP contribution >= 0.6 is 0 Å². The molecule has 2 aromatic rings. The molecule has 22 heavy (non-hydrogen) atoms. The molecule has 0 aliphatic rings. The molecule has 3 nitrogen and oxygen atoms in total. The van der Waals surface area contributed by atoms with Crippen molar-refractivity contribution in [1.29, 1.82) is 0 Å². The van der Waals surface area contributed by atoms with Gasteiger partial charge in [0, 0.05) is 19.2 Å². The van der Waals surface area contributed by atoms with Crippen LogP contribution in [0.1, 0.15) is 15.9 Å². The van der Waals surface area contributed by atoms with E-state index < -0.39 is 6.36 Å². The smallest absolute Gasteiger partial charge is 0.406 e. The first-order valence-corrected chi connectivity index (χ1v) is 6.50. The van der Waals surface area contributed by atoms with E-state index >= 15 is 0 Å². The maximum Gasteiger partial charge on any atom is 0.573 e. The first-order valence-electron chi connectivity index (χ1n) is 6.50. The van der Waals surface area contributed by atoms with Gasteiger partial charge in [-0.3, -0.25) is 4.79 Å².